The molecule has 1 aromatic rings. The van der Waals surface area contributed by atoms with Gasteiger partial charge in [-0.15, -0.1) is 11.3 Å². The highest BCUT2D eigenvalue weighted by Crippen LogP contribution is 2.29. The van der Waals surface area contributed by atoms with E-state index in [2.05, 4.69) is 10.3 Å². The standard InChI is InChI=1S/C12H17N3O3S/c1-8-7-19-10(14-8)4-13-12(18)15(6-11(16)17)5-9-2-3-9/h7,9H,2-6H2,1H3,(H,13,18)(H,16,17). The molecule has 1 aliphatic rings. The third kappa shape index (κ3) is 4.51. The number of aliphatic carboxylic acids is 1. The molecule has 0 atom stereocenters. The number of urea groups is 1. The first-order chi connectivity index (χ1) is 9.04. The van der Waals surface area contributed by atoms with E-state index < -0.39 is 5.97 Å². The normalized spacial score (nSPS) is 14.2. The lowest BCUT2D eigenvalue weighted by molar-refractivity contribution is -0.137. The van der Waals surface area contributed by atoms with Crippen LogP contribution >= 0.6 is 11.3 Å². The van der Waals surface area contributed by atoms with E-state index in [-0.39, 0.29) is 12.6 Å². The second-order valence-corrected chi connectivity index (χ2v) is 5.70. The average Bonchev–Trinajstić information content (AvgIpc) is 3.06. The summed E-state index contributed by atoms with van der Waals surface area (Å²) in [7, 11) is 0. The number of carboxylic acids is 1. The minimum Gasteiger partial charge on any atom is -0.480 e. The van der Waals surface area contributed by atoms with Crippen LogP contribution in [0.2, 0.25) is 0 Å². The zero-order valence-corrected chi connectivity index (χ0v) is 11.6. The molecule has 1 saturated carbocycles. The second kappa shape index (κ2) is 6.01. The van der Waals surface area contributed by atoms with Crippen LogP contribution in [0.1, 0.15) is 23.5 Å². The number of hydrogen-bond donors (Lipinski definition) is 2. The minimum atomic E-state index is -0.985. The Morgan fingerprint density at radius 1 is 1.58 bits per heavy atom. The van der Waals surface area contributed by atoms with Crippen molar-refractivity contribution >= 4 is 23.3 Å². The highest BCUT2D eigenvalue weighted by molar-refractivity contribution is 7.09. The first-order valence-electron chi connectivity index (χ1n) is 6.20. The maximum absolute atomic E-state index is 12.0. The molecule has 2 amide bonds. The fourth-order valence-corrected chi connectivity index (χ4v) is 2.45. The fourth-order valence-electron chi connectivity index (χ4n) is 1.74. The molecule has 1 fully saturated rings. The van der Waals surface area contributed by atoms with Crippen LogP contribution in [0.3, 0.4) is 0 Å². The number of thiazole rings is 1. The average molecular weight is 283 g/mol. The topological polar surface area (TPSA) is 82.5 Å². The number of aromatic nitrogens is 1. The van der Waals surface area contributed by atoms with Crippen LogP contribution in [0.15, 0.2) is 5.38 Å². The van der Waals surface area contributed by atoms with E-state index in [0.717, 1.165) is 23.5 Å². The Balaban J connectivity index is 1.85. The molecule has 0 bridgehead atoms. The van der Waals surface area contributed by atoms with E-state index in [9.17, 15) is 9.59 Å². The Bertz CT molecular complexity index is 471. The predicted molar refractivity (Wildman–Crippen MR) is 71.0 cm³/mol. The van der Waals surface area contributed by atoms with Gasteiger partial charge in [0, 0.05) is 17.6 Å². The van der Waals surface area contributed by atoms with E-state index in [4.69, 9.17) is 5.11 Å². The maximum Gasteiger partial charge on any atom is 0.323 e. The molecule has 7 heteroatoms. The van der Waals surface area contributed by atoms with Crippen LogP contribution < -0.4 is 5.32 Å². The molecule has 1 heterocycles. The van der Waals surface area contributed by atoms with Crippen LogP contribution in [0.25, 0.3) is 0 Å². The summed E-state index contributed by atoms with van der Waals surface area (Å²) in [4.78, 5) is 28.3. The summed E-state index contributed by atoms with van der Waals surface area (Å²) in [6.07, 6.45) is 2.16. The van der Waals surface area contributed by atoms with Crippen molar-refractivity contribution in [1.29, 1.82) is 0 Å². The number of aryl methyl sites for hydroxylation is 1. The third-order valence-electron chi connectivity index (χ3n) is 2.85. The van der Waals surface area contributed by atoms with Gasteiger partial charge in [-0.3, -0.25) is 4.79 Å². The van der Waals surface area contributed by atoms with Crippen molar-refractivity contribution in [2.45, 2.75) is 26.3 Å². The number of carbonyl (C=O) groups excluding carboxylic acids is 1. The van der Waals surface area contributed by atoms with Gasteiger partial charge < -0.3 is 15.3 Å². The number of amides is 2. The summed E-state index contributed by atoms with van der Waals surface area (Å²) in [6.45, 7) is 2.51. The lowest BCUT2D eigenvalue weighted by Gasteiger charge is -2.20. The minimum absolute atomic E-state index is 0.251. The zero-order chi connectivity index (χ0) is 13.8. The molecule has 0 saturated heterocycles. The number of rotatable bonds is 6. The Morgan fingerprint density at radius 3 is 2.84 bits per heavy atom. The van der Waals surface area contributed by atoms with Gasteiger partial charge in [-0.1, -0.05) is 0 Å². The van der Waals surface area contributed by atoms with Crippen LogP contribution in [-0.4, -0.2) is 40.1 Å². The van der Waals surface area contributed by atoms with Crippen LogP contribution in [0, 0.1) is 12.8 Å². The summed E-state index contributed by atoms with van der Waals surface area (Å²) in [5.74, 6) is -0.520. The van der Waals surface area contributed by atoms with Crippen LogP contribution in [0.5, 0.6) is 0 Å². The number of carboxylic acid groups (broad SMARTS) is 1. The summed E-state index contributed by atoms with van der Waals surface area (Å²) in [5, 5.41) is 14.3. The van der Waals surface area contributed by atoms with Crippen molar-refractivity contribution in [1.82, 2.24) is 15.2 Å². The summed E-state index contributed by atoms with van der Waals surface area (Å²) < 4.78 is 0. The van der Waals surface area contributed by atoms with Crippen molar-refractivity contribution in [2.75, 3.05) is 13.1 Å². The van der Waals surface area contributed by atoms with Gasteiger partial charge in [0.2, 0.25) is 0 Å². The van der Waals surface area contributed by atoms with Crippen molar-refractivity contribution in [3.63, 3.8) is 0 Å². The molecule has 2 N–H and O–H groups in total. The van der Waals surface area contributed by atoms with E-state index in [0.29, 0.717) is 19.0 Å². The lowest BCUT2D eigenvalue weighted by Crippen LogP contribution is -2.43. The Hall–Kier alpha value is -1.63. The Kier molecular flexibility index (Phi) is 4.36. The first-order valence-corrected chi connectivity index (χ1v) is 7.08. The van der Waals surface area contributed by atoms with Gasteiger partial charge in [0.1, 0.15) is 11.6 Å². The van der Waals surface area contributed by atoms with Crippen molar-refractivity contribution in [3.05, 3.63) is 16.1 Å². The smallest absolute Gasteiger partial charge is 0.323 e. The highest BCUT2D eigenvalue weighted by atomic mass is 32.1. The molecular weight excluding hydrogens is 266 g/mol. The molecule has 0 aromatic carbocycles. The molecule has 6 nitrogen and oxygen atoms in total. The van der Waals surface area contributed by atoms with E-state index in [1.165, 1.54) is 16.2 Å². The maximum atomic E-state index is 12.0. The molecule has 1 aromatic heterocycles. The van der Waals surface area contributed by atoms with Crippen LogP contribution in [0.4, 0.5) is 4.79 Å². The lowest BCUT2D eigenvalue weighted by atomic mass is 10.3. The summed E-state index contributed by atoms with van der Waals surface area (Å²) in [6, 6.07) is -0.331. The molecule has 0 spiro atoms. The van der Waals surface area contributed by atoms with E-state index in [1.807, 2.05) is 12.3 Å². The first kappa shape index (κ1) is 13.8. The number of nitrogens with zero attached hydrogens (tertiary/aromatic N) is 2. The SMILES string of the molecule is Cc1csc(CNC(=O)N(CC(=O)O)CC2CC2)n1. The van der Waals surface area contributed by atoms with Gasteiger partial charge >= 0.3 is 12.0 Å². The molecule has 0 radical (unpaired) electrons. The monoisotopic (exact) mass is 283 g/mol. The summed E-state index contributed by atoms with van der Waals surface area (Å²) in [5.41, 5.74) is 0.926. The second-order valence-electron chi connectivity index (χ2n) is 4.76. The molecule has 1 aliphatic carbocycles. The van der Waals surface area contributed by atoms with Crippen molar-refractivity contribution in [2.24, 2.45) is 5.92 Å². The molecule has 0 unspecified atom stereocenters. The predicted octanol–water partition coefficient (Wildman–Crippen LogP) is 1.46. The number of carbonyl (C=O) groups is 2. The quantitative estimate of drug-likeness (QED) is 0.828. The van der Waals surface area contributed by atoms with E-state index in [1.54, 1.807) is 0 Å². The highest BCUT2D eigenvalue weighted by Gasteiger charge is 2.27. The van der Waals surface area contributed by atoms with E-state index >= 15 is 0 Å². The van der Waals surface area contributed by atoms with Gasteiger partial charge in [-0.05, 0) is 25.7 Å². The van der Waals surface area contributed by atoms with Gasteiger partial charge in [0.05, 0.1) is 6.54 Å². The van der Waals surface area contributed by atoms with Crippen molar-refractivity contribution < 1.29 is 14.7 Å². The Morgan fingerprint density at radius 2 is 2.32 bits per heavy atom. The molecule has 104 valence electrons. The fraction of sp³-hybridized carbons (Fsp3) is 0.583. The van der Waals surface area contributed by atoms with Crippen molar-refractivity contribution in [3.8, 4) is 0 Å². The molecule has 2 rings (SSSR count). The van der Waals surface area contributed by atoms with Gasteiger partial charge in [-0.2, -0.15) is 0 Å². The number of nitrogens with one attached hydrogen (secondary N) is 1. The summed E-state index contributed by atoms with van der Waals surface area (Å²) >= 11 is 1.48. The largest absolute Gasteiger partial charge is 0.480 e. The van der Waals surface area contributed by atoms with Gasteiger partial charge in [0.25, 0.3) is 0 Å². The number of hydrogen-bond acceptors (Lipinski definition) is 4. The van der Waals surface area contributed by atoms with Gasteiger partial charge in [0.15, 0.2) is 0 Å². The Labute approximate surface area is 115 Å². The molecule has 19 heavy (non-hydrogen) atoms. The van der Waals surface area contributed by atoms with Gasteiger partial charge in [-0.25, -0.2) is 9.78 Å². The molecular formula is C12H17N3O3S. The van der Waals surface area contributed by atoms with Crippen LogP contribution in [-0.2, 0) is 11.3 Å². The third-order valence-corrected chi connectivity index (χ3v) is 3.81. The zero-order valence-electron chi connectivity index (χ0n) is 10.8. The molecule has 0 aliphatic heterocycles.